The molecule has 2 heteroatoms. The molecule has 0 radical (unpaired) electrons. The van der Waals surface area contributed by atoms with Crippen LogP contribution in [0.15, 0.2) is 0 Å². The highest BCUT2D eigenvalue weighted by atomic mass is 16.5. The summed E-state index contributed by atoms with van der Waals surface area (Å²) in [7, 11) is 0. The van der Waals surface area contributed by atoms with Crippen LogP contribution >= 0.6 is 0 Å². The van der Waals surface area contributed by atoms with Crippen molar-refractivity contribution in [2.24, 2.45) is 5.92 Å². The summed E-state index contributed by atoms with van der Waals surface area (Å²) in [5, 5.41) is 3.52. The molecule has 2 unspecified atom stereocenters. The number of nitrogens with one attached hydrogen (secondary N) is 1. The monoisotopic (exact) mass is 227 g/mol. The van der Waals surface area contributed by atoms with E-state index in [9.17, 15) is 0 Å². The van der Waals surface area contributed by atoms with Gasteiger partial charge in [0.25, 0.3) is 0 Å². The van der Waals surface area contributed by atoms with Crippen LogP contribution in [0, 0.1) is 5.92 Å². The van der Waals surface area contributed by atoms with Crippen molar-refractivity contribution in [1.29, 1.82) is 0 Å². The van der Waals surface area contributed by atoms with E-state index in [1.807, 2.05) is 0 Å². The van der Waals surface area contributed by atoms with Crippen molar-refractivity contribution in [2.75, 3.05) is 13.1 Å². The zero-order valence-corrected chi connectivity index (χ0v) is 11.5. The fourth-order valence-corrected chi connectivity index (χ4v) is 2.25. The first-order chi connectivity index (χ1) is 7.58. The summed E-state index contributed by atoms with van der Waals surface area (Å²) in [6.45, 7) is 11.0. The van der Waals surface area contributed by atoms with Gasteiger partial charge in [-0.1, -0.05) is 46.5 Å². The van der Waals surface area contributed by atoms with E-state index in [1.165, 1.54) is 32.1 Å². The van der Waals surface area contributed by atoms with Gasteiger partial charge in [0.2, 0.25) is 0 Å². The Morgan fingerprint density at radius 2 is 2.06 bits per heavy atom. The van der Waals surface area contributed by atoms with Crippen LogP contribution in [0.4, 0.5) is 0 Å². The van der Waals surface area contributed by atoms with Gasteiger partial charge in [0.15, 0.2) is 0 Å². The summed E-state index contributed by atoms with van der Waals surface area (Å²) in [6, 6.07) is 0. The number of morpholine rings is 1. The number of ether oxygens (including phenoxy) is 1. The van der Waals surface area contributed by atoms with Crippen LogP contribution in [0.2, 0.25) is 0 Å². The van der Waals surface area contributed by atoms with Gasteiger partial charge in [-0.2, -0.15) is 0 Å². The zero-order chi connectivity index (χ0) is 12.0. The van der Waals surface area contributed by atoms with Gasteiger partial charge in [0.05, 0.1) is 11.7 Å². The van der Waals surface area contributed by atoms with Gasteiger partial charge in [0, 0.05) is 13.1 Å². The SMILES string of the molecule is CCCCCCC1CNCC(C)(C(C)C)O1. The van der Waals surface area contributed by atoms with E-state index in [4.69, 9.17) is 4.74 Å². The maximum atomic E-state index is 6.25. The molecule has 2 atom stereocenters. The topological polar surface area (TPSA) is 21.3 Å². The molecule has 0 aromatic rings. The summed E-state index contributed by atoms with van der Waals surface area (Å²) in [5.41, 5.74) is 0.0354. The Labute approximate surface area is 101 Å². The second-order valence-corrected chi connectivity index (χ2v) is 5.69. The van der Waals surface area contributed by atoms with Crippen molar-refractivity contribution in [3.05, 3.63) is 0 Å². The molecular weight excluding hydrogens is 198 g/mol. The molecule has 16 heavy (non-hydrogen) atoms. The first-order valence-corrected chi connectivity index (χ1v) is 6.97. The second kappa shape index (κ2) is 6.61. The van der Waals surface area contributed by atoms with Crippen molar-refractivity contribution in [1.82, 2.24) is 5.32 Å². The largest absolute Gasteiger partial charge is 0.369 e. The van der Waals surface area contributed by atoms with Crippen LogP contribution in [0.3, 0.4) is 0 Å². The Kier molecular flexibility index (Phi) is 5.77. The minimum absolute atomic E-state index is 0.0354. The van der Waals surface area contributed by atoms with Crippen molar-refractivity contribution >= 4 is 0 Å². The third-order valence-corrected chi connectivity index (χ3v) is 3.88. The fourth-order valence-electron chi connectivity index (χ4n) is 2.25. The number of rotatable bonds is 6. The van der Waals surface area contributed by atoms with Gasteiger partial charge in [-0.25, -0.2) is 0 Å². The minimum atomic E-state index is 0.0354. The fraction of sp³-hybridized carbons (Fsp3) is 1.00. The van der Waals surface area contributed by atoms with Gasteiger partial charge in [0.1, 0.15) is 0 Å². The number of hydrogen-bond donors (Lipinski definition) is 1. The van der Waals surface area contributed by atoms with Gasteiger partial charge in [-0.05, 0) is 19.3 Å². The molecule has 1 aliphatic rings. The molecule has 0 aromatic carbocycles. The van der Waals surface area contributed by atoms with E-state index >= 15 is 0 Å². The van der Waals surface area contributed by atoms with Crippen LogP contribution in [-0.2, 0) is 4.74 Å². The third kappa shape index (κ3) is 4.06. The van der Waals surface area contributed by atoms with Crippen LogP contribution < -0.4 is 5.32 Å². The second-order valence-electron chi connectivity index (χ2n) is 5.69. The molecule has 0 aromatic heterocycles. The van der Waals surface area contributed by atoms with E-state index in [1.54, 1.807) is 0 Å². The molecule has 1 saturated heterocycles. The normalized spacial score (nSPS) is 30.9. The molecule has 1 heterocycles. The highest BCUT2D eigenvalue weighted by Crippen LogP contribution is 2.26. The van der Waals surface area contributed by atoms with E-state index in [0.717, 1.165) is 13.1 Å². The van der Waals surface area contributed by atoms with E-state index < -0.39 is 0 Å². The van der Waals surface area contributed by atoms with Gasteiger partial charge in [-0.15, -0.1) is 0 Å². The standard InChI is InChI=1S/C14H29NO/c1-5-6-7-8-9-13-10-15-11-14(4,16-13)12(2)3/h12-13,15H,5-11H2,1-4H3. The molecule has 0 saturated carbocycles. The highest BCUT2D eigenvalue weighted by Gasteiger charge is 2.35. The summed E-state index contributed by atoms with van der Waals surface area (Å²) >= 11 is 0. The Morgan fingerprint density at radius 1 is 1.31 bits per heavy atom. The molecular formula is C14H29NO. The minimum Gasteiger partial charge on any atom is -0.369 e. The summed E-state index contributed by atoms with van der Waals surface area (Å²) in [6.07, 6.45) is 6.99. The quantitative estimate of drug-likeness (QED) is 0.703. The predicted octanol–water partition coefficient (Wildman–Crippen LogP) is 3.36. The lowest BCUT2D eigenvalue weighted by atomic mass is 9.90. The van der Waals surface area contributed by atoms with Crippen LogP contribution in [0.1, 0.15) is 59.8 Å². The summed E-state index contributed by atoms with van der Waals surface area (Å²) in [5.74, 6) is 0.582. The molecule has 1 rings (SSSR count). The molecule has 96 valence electrons. The smallest absolute Gasteiger partial charge is 0.0805 e. The lowest BCUT2D eigenvalue weighted by molar-refractivity contribution is -0.132. The maximum absolute atomic E-state index is 6.25. The van der Waals surface area contributed by atoms with E-state index in [0.29, 0.717) is 12.0 Å². The molecule has 1 fully saturated rings. The van der Waals surface area contributed by atoms with Crippen LogP contribution in [0.25, 0.3) is 0 Å². The number of unbranched alkanes of at least 4 members (excludes halogenated alkanes) is 3. The lowest BCUT2D eigenvalue weighted by Crippen LogP contribution is -2.54. The van der Waals surface area contributed by atoms with Crippen molar-refractivity contribution in [3.8, 4) is 0 Å². The lowest BCUT2D eigenvalue weighted by Gasteiger charge is -2.42. The highest BCUT2D eigenvalue weighted by molar-refractivity contribution is 4.87. The molecule has 2 nitrogen and oxygen atoms in total. The molecule has 0 amide bonds. The van der Waals surface area contributed by atoms with Crippen LogP contribution in [0.5, 0.6) is 0 Å². The average Bonchev–Trinajstić information content (AvgIpc) is 2.24. The first-order valence-electron chi connectivity index (χ1n) is 6.97. The molecule has 0 spiro atoms. The van der Waals surface area contributed by atoms with Gasteiger partial charge in [-0.3, -0.25) is 0 Å². The Hall–Kier alpha value is -0.0800. The first kappa shape index (κ1) is 14.0. The van der Waals surface area contributed by atoms with Crippen molar-refractivity contribution in [3.63, 3.8) is 0 Å². The summed E-state index contributed by atoms with van der Waals surface area (Å²) in [4.78, 5) is 0. The Morgan fingerprint density at radius 3 is 2.69 bits per heavy atom. The van der Waals surface area contributed by atoms with E-state index in [2.05, 4.69) is 33.0 Å². The van der Waals surface area contributed by atoms with Gasteiger partial charge < -0.3 is 10.1 Å². The molecule has 1 aliphatic heterocycles. The Balaban J connectivity index is 2.28. The van der Waals surface area contributed by atoms with Gasteiger partial charge >= 0.3 is 0 Å². The van der Waals surface area contributed by atoms with E-state index in [-0.39, 0.29) is 5.60 Å². The summed E-state index contributed by atoms with van der Waals surface area (Å²) < 4.78 is 6.25. The number of hydrogen-bond acceptors (Lipinski definition) is 2. The van der Waals surface area contributed by atoms with Crippen LogP contribution in [-0.4, -0.2) is 24.8 Å². The zero-order valence-electron chi connectivity index (χ0n) is 11.5. The molecule has 1 N–H and O–H groups in total. The molecule has 0 aliphatic carbocycles. The predicted molar refractivity (Wildman–Crippen MR) is 69.7 cm³/mol. The van der Waals surface area contributed by atoms with Crippen molar-refractivity contribution < 1.29 is 4.74 Å². The van der Waals surface area contributed by atoms with Crippen molar-refractivity contribution in [2.45, 2.75) is 71.5 Å². The molecule has 0 bridgehead atoms. The average molecular weight is 227 g/mol. The Bertz CT molecular complexity index is 193. The maximum Gasteiger partial charge on any atom is 0.0805 e. The third-order valence-electron chi connectivity index (χ3n) is 3.88.